The lowest BCUT2D eigenvalue weighted by Crippen LogP contribution is -2.43. The third kappa shape index (κ3) is 6.71. The fraction of sp³-hybridized carbons (Fsp3) is 0.536. The van der Waals surface area contributed by atoms with Crippen LogP contribution in [0, 0.1) is 13.8 Å². The highest BCUT2D eigenvalue weighted by molar-refractivity contribution is 7.89. The van der Waals surface area contributed by atoms with Gasteiger partial charge in [-0.15, -0.1) is 0 Å². The second kappa shape index (κ2) is 12.5. The molecule has 2 atom stereocenters. The number of benzene rings is 2. The third-order valence-electron chi connectivity index (χ3n) is 7.61. The lowest BCUT2D eigenvalue weighted by molar-refractivity contribution is -0.116. The molecule has 39 heavy (non-hydrogen) atoms. The van der Waals surface area contributed by atoms with Crippen LogP contribution in [0.1, 0.15) is 56.6 Å². The molecule has 0 aliphatic carbocycles. The van der Waals surface area contributed by atoms with Crippen molar-refractivity contribution < 1.29 is 26.4 Å². The molecule has 2 unspecified atom stereocenters. The maximum atomic E-state index is 13.7. The Morgan fingerprint density at radius 3 is 2.26 bits per heavy atom. The van der Waals surface area contributed by atoms with E-state index >= 15 is 0 Å². The first-order valence-corrected chi connectivity index (χ1v) is 16.5. The number of piperidine rings is 1. The first-order valence-electron chi connectivity index (χ1n) is 13.6. The number of aryl methyl sites for hydroxylation is 2. The van der Waals surface area contributed by atoms with Crippen LogP contribution < -0.4 is 5.32 Å². The van der Waals surface area contributed by atoms with Gasteiger partial charge in [0.05, 0.1) is 22.4 Å². The van der Waals surface area contributed by atoms with Gasteiger partial charge in [0.15, 0.2) is 0 Å². The number of nitrogens with zero attached hydrogens (tertiary/aromatic N) is 2. The van der Waals surface area contributed by atoms with Gasteiger partial charge in [0.2, 0.25) is 26.0 Å². The van der Waals surface area contributed by atoms with Crippen LogP contribution in [-0.2, 0) is 29.6 Å². The van der Waals surface area contributed by atoms with Crippen LogP contribution in [0.2, 0.25) is 0 Å². The van der Waals surface area contributed by atoms with E-state index in [2.05, 4.69) is 5.32 Å². The first-order chi connectivity index (χ1) is 18.5. The van der Waals surface area contributed by atoms with Gasteiger partial charge in [0.25, 0.3) is 0 Å². The Balaban J connectivity index is 1.57. The molecule has 2 saturated heterocycles. The zero-order valence-electron chi connectivity index (χ0n) is 22.9. The van der Waals surface area contributed by atoms with E-state index in [-0.39, 0.29) is 35.0 Å². The van der Waals surface area contributed by atoms with Crippen LogP contribution in [0.3, 0.4) is 0 Å². The molecule has 0 bridgehead atoms. The molecule has 1 N–H and O–H groups in total. The average molecular weight is 578 g/mol. The summed E-state index contributed by atoms with van der Waals surface area (Å²) in [6.07, 6.45) is 4.59. The van der Waals surface area contributed by atoms with Gasteiger partial charge >= 0.3 is 0 Å². The van der Waals surface area contributed by atoms with E-state index in [1.165, 1.54) is 24.3 Å². The van der Waals surface area contributed by atoms with Crippen LogP contribution in [0.15, 0.2) is 52.3 Å². The number of hydrogen-bond donors (Lipinski definition) is 1. The fourth-order valence-electron chi connectivity index (χ4n) is 5.38. The minimum absolute atomic E-state index is 0.0362. The summed E-state index contributed by atoms with van der Waals surface area (Å²) < 4.78 is 62.5. The Bertz CT molecular complexity index is 1350. The summed E-state index contributed by atoms with van der Waals surface area (Å²) in [6, 6.07) is 10.9. The number of sulfonamides is 2. The smallest absolute Gasteiger partial charge is 0.243 e. The molecular formula is C28H39N3O6S2. The van der Waals surface area contributed by atoms with Crippen molar-refractivity contribution in [2.24, 2.45) is 0 Å². The predicted molar refractivity (Wildman–Crippen MR) is 151 cm³/mol. The topological polar surface area (TPSA) is 113 Å². The van der Waals surface area contributed by atoms with Gasteiger partial charge in [0, 0.05) is 31.4 Å². The lowest BCUT2D eigenvalue weighted by atomic mass is 10.0. The van der Waals surface area contributed by atoms with Crippen molar-refractivity contribution in [1.29, 1.82) is 0 Å². The van der Waals surface area contributed by atoms with Crippen molar-refractivity contribution in [3.63, 3.8) is 0 Å². The molecule has 2 aromatic carbocycles. The number of anilines is 1. The second-order valence-electron chi connectivity index (χ2n) is 10.4. The largest absolute Gasteiger partial charge is 0.377 e. The van der Waals surface area contributed by atoms with Crippen molar-refractivity contribution in [3.8, 4) is 0 Å². The van der Waals surface area contributed by atoms with Crippen LogP contribution in [0.4, 0.5) is 5.69 Å². The monoisotopic (exact) mass is 577 g/mol. The van der Waals surface area contributed by atoms with E-state index in [0.29, 0.717) is 25.3 Å². The second-order valence-corrected chi connectivity index (χ2v) is 14.2. The van der Waals surface area contributed by atoms with Gasteiger partial charge in [-0.25, -0.2) is 16.8 Å². The molecular weight excluding hydrogens is 538 g/mol. The summed E-state index contributed by atoms with van der Waals surface area (Å²) >= 11 is 0. The Morgan fingerprint density at radius 1 is 0.974 bits per heavy atom. The molecule has 4 rings (SSSR count). The van der Waals surface area contributed by atoms with Crippen LogP contribution in [-0.4, -0.2) is 69.7 Å². The van der Waals surface area contributed by atoms with Gasteiger partial charge in [-0.05, 0) is 81.3 Å². The van der Waals surface area contributed by atoms with Crippen LogP contribution >= 0.6 is 0 Å². The molecule has 0 spiro atoms. The number of ether oxygens (including phenoxy) is 1. The van der Waals surface area contributed by atoms with E-state index in [4.69, 9.17) is 4.74 Å². The Hall–Kier alpha value is -2.31. The molecule has 0 saturated carbocycles. The van der Waals surface area contributed by atoms with E-state index in [9.17, 15) is 21.6 Å². The third-order valence-corrected chi connectivity index (χ3v) is 11.4. The molecule has 2 aromatic rings. The van der Waals surface area contributed by atoms with E-state index in [0.717, 1.165) is 47.5 Å². The van der Waals surface area contributed by atoms with Gasteiger partial charge in [-0.2, -0.15) is 8.61 Å². The molecule has 1 amide bonds. The highest BCUT2D eigenvalue weighted by Gasteiger charge is 2.34. The number of rotatable bonds is 10. The number of para-hydroxylation sites is 1. The first kappa shape index (κ1) is 29.7. The molecule has 214 valence electrons. The van der Waals surface area contributed by atoms with Gasteiger partial charge in [0.1, 0.15) is 0 Å². The summed E-state index contributed by atoms with van der Waals surface area (Å²) in [5.74, 6) is -0.455. The number of nitrogens with one attached hydrogen (secondary N) is 1. The Morgan fingerprint density at radius 2 is 1.64 bits per heavy atom. The summed E-state index contributed by atoms with van der Waals surface area (Å²) in [5.41, 5.74) is 2.43. The standard InChI is InChI=1S/C28H39N3O6S2/c1-4-23-11-5-6-17-31(23)39(35,36)26-15-13-25(14-16-26)38(33,34)30(19-24-12-8-18-37-24)20-27(32)29-28-21(2)9-7-10-22(28)3/h7,9-10,13-16,23-24H,4-6,8,11-12,17-20H2,1-3H3,(H,29,32). The summed E-state index contributed by atoms with van der Waals surface area (Å²) in [4.78, 5) is 13.1. The van der Waals surface area contributed by atoms with Crippen molar-refractivity contribution >= 4 is 31.6 Å². The number of carbonyl (C=O) groups is 1. The minimum atomic E-state index is -4.11. The molecule has 9 nitrogen and oxygen atoms in total. The van der Waals surface area contributed by atoms with Crippen molar-refractivity contribution in [2.75, 3.05) is 31.6 Å². The molecule has 0 aromatic heterocycles. The van der Waals surface area contributed by atoms with Gasteiger partial charge in [-0.1, -0.05) is 31.5 Å². The van der Waals surface area contributed by atoms with E-state index in [1.54, 1.807) is 4.31 Å². The number of amides is 1. The Kier molecular flexibility index (Phi) is 9.49. The number of carbonyl (C=O) groups excluding carboxylic acids is 1. The quantitative estimate of drug-likeness (QED) is 0.456. The lowest BCUT2D eigenvalue weighted by Gasteiger charge is -2.34. The maximum Gasteiger partial charge on any atom is 0.243 e. The van der Waals surface area contributed by atoms with Crippen molar-refractivity contribution in [1.82, 2.24) is 8.61 Å². The van der Waals surface area contributed by atoms with Crippen LogP contribution in [0.25, 0.3) is 0 Å². The zero-order chi connectivity index (χ0) is 28.2. The fourth-order valence-corrected chi connectivity index (χ4v) is 8.58. The summed E-state index contributed by atoms with van der Waals surface area (Å²) in [7, 11) is -7.86. The molecule has 0 radical (unpaired) electrons. The zero-order valence-corrected chi connectivity index (χ0v) is 24.6. The summed E-state index contributed by atoms with van der Waals surface area (Å²) in [5, 5.41) is 2.86. The van der Waals surface area contributed by atoms with E-state index in [1.807, 2.05) is 39.0 Å². The van der Waals surface area contributed by atoms with Crippen molar-refractivity contribution in [2.45, 2.75) is 81.2 Å². The average Bonchev–Trinajstić information content (AvgIpc) is 3.44. The highest BCUT2D eigenvalue weighted by Crippen LogP contribution is 2.28. The van der Waals surface area contributed by atoms with Crippen LogP contribution in [0.5, 0.6) is 0 Å². The molecule has 2 aliphatic heterocycles. The van der Waals surface area contributed by atoms with Crippen molar-refractivity contribution in [3.05, 3.63) is 53.6 Å². The highest BCUT2D eigenvalue weighted by atomic mass is 32.2. The predicted octanol–water partition coefficient (Wildman–Crippen LogP) is 4.07. The molecule has 2 fully saturated rings. The number of hydrogen-bond acceptors (Lipinski definition) is 6. The van der Waals surface area contributed by atoms with Gasteiger partial charge < -0.3 is 10.1 Å². The molecule has 2 aliphatic rings. The molecule has 2 heterocycles. The minimum Gasteiger partial charge on any atom is -0.377 e. The normalized spacial score (nSPS) is 20.8. The van der Waals surface area contributed by atoms with Gasteiger partial charge in [-0.3, -0.25) is 4.79 Å². The summed E-state index contributed by atoms with van der Waals surface area (Å²) in [6.45, 7) is 6.40. The maximum absolute atomic E-state index is 13.7. The van der Waals surface area contributed by atoms with E-state index < -0.39 is 26.0 Å². The Labute approximate surface area is 232 Å². The molecule has 11 heteroatoms. The SMILES string of the molecule is CCC1CCCCN1S(=O)(=O)c1ccc(S(=O)(=O)N(CC(=O)Nc2c(C)cccc2C)CC2CCCO2)cc1.